The summed E-state index contributed by atoms with van der Waals surface area (Å²) in [6.07, 6.45) is 0. The summed E-state index contributed by atoms with van der Waals surface area (Å²) >= 11 is 1.46. The highest BCUT2D eigenvalue weighted by molar-refractivity contribution is 7.08. The summed E-state index contributed by atoms with van der Waals surface area (Å²) in [5.74, 6) is -0.187. The minimum Gasteiger partial charge on any atom is -0.339 e. The van der Waals surface area contributed by atoms with Crippen LogP contribution in [0.3, 0.4) is 0 Å². The number of nitrogens with zero attached hydrogens (tertiary/aromatic N) is 1. The van der Waals surface area contributed by atoms with E-state index in [1.54, 1.807) is 11.4 Å². The maximum absolute atomic E-state index is 11.0. The Hall–Kier alpha value is -1.34. The number of hydrogen-bond acceptors (Lipinski definition) is 3. The van der Waals surface area contributed by atoms with Gasteiger partial charge in [0.25, 0.3) is 5.91 Å². The van der Waals surface area contributed by atoms with Gasteiger partial charge < -0.3 is 5.32 Å². The summed E-state index contributed by atoms with van der Waals surface area (Å²) in [6, 6.07) is 3.55. The first-order valence-electron chi connectivity index (χ1n) is 3.02. The molecule has 0 aliphatic carbocycles. The van der Waals surface area contributed by atoms with Crippen LogP contribution in [-0.4, -0.2) is 12.5 Å². The smallest absolute Gasteiger partial charge is 0.252 e. The molecule has 1 rings (SSSR count). The van der Waals surface area contributed by atoms with E-state index in [-0.39, 0.29) is 12.5 Å². The van der Waals surface area contributed by atoms with Gasteiger partial charge in [-0.3, -0.25) is 4.79 Å². The molecular weight excluding hydrogens is 160 g/mol. The molecular formula is C7H6N2OS. The summed E-state index contributed by atoms with van der Waals surface area (Å²) in [5.41, 5.74) is 0.616. The van der Waals surface area contributed by atoms with Crippen LogP contribution in [-0.2, 0) is 0 Å². The van der Waals surface area contributed by atoms with Crippen molar-refractivity contribution in [2.45, 2.75) is 0 Å². The molecule has 0 saturated carbocycles. The van der Waals surface area contributed by atoms with Gasteiger partial charge in [-0.1, -0.05) is 0 Å². The van der Waals surface area contributed by atoms with Crippen LogP contribution in [0.5, 0.6) is 0 Å². The second-order valence-electron chi connectivity index (χ2n) is 1.85. The van der Waals surface area contributed by atoms with Gasteiger partial charge in [0.15, 0.2) is 0 Å². The van der Waals surface area contributed by atoms with Gasteiger partial charge in [0.1, 0.15) is 6.54 Å². The third kappa shape index (κ3) is 2.06. The number of amides is 1. The van der Waals surface area contributed by atoms with E-state index in [0.29, 0.717) is 5.56 Å². The van der Waals surface area contributed by atoms with Crippen LogP contribution in [0.4, 0.5) is 0 Å². The molecule has 0 atom stereocenters. The standard InChI is InChI=1S/C7H6N2OS/c8-2-3-9-7(10)6-1-4-11-5-6/h1,4-5H,3H2,(H,9,10). The van der Waals surface area contributed by atoms with E-state index >= 15 is 0 Å². The van der Waals surface area contributed by atoms with E-state index in [0.717, 1.165) is 0 Å². The molecule has 0 aliphatic heterocycles. The molecule has 1 amide bonds. The Balaban J connectivity index is 2.51. The Morgan fingerprint density at radius 1 is 1.82 bits per heavy atom. The predicted octanol–water partition coefficient (Wildman–Crippen LogP) is 1.00. The van der Waals surface area contributed by atoms with Gasteiger partial charge in [0.2, 0.25) is 0 Å². The van der Waals surface area contributed by atoms with E-state index in [9.17, 15) is 4.79 Å². The highest BCUT2D eigenvalue weighted by Gasteiger charge is 2.02. The molecule has 0 saturated heterocycles. The number of hydrogen-bond donors (Lipinski definition) is 1. The van der Waals surface area contributed by atoms with E-state index in [1.165, 1.54) is 11.3 Å². The second-order valence-corrected chi connectivity index (χ2v) is 2.63. The fourth-order valence-electron chi connectivity index (χ4n) is 0.616. The number of carbonyl (C=O) groups is 1. The number of carbonyl (C=O) groups excluding carboxylic acids is 1. The predicted molar refractivity (Wildman–Crippen MR) is 42.3 cm³/mol. The minimum atomic E-state index is -0.187. The number of thiophene rings is 1. The van der Waals surface area contributed by atoms with Crippen molar-refractivity contribution < 1.29 is 4.79 Å². The molecule has 0 aliphatic rings. The van der Waals surface area contributed by atoms with Crippen molar-refractivity contribution >= 4 is 17.2 Å². The van der Waals surface area contributed by atoms with Crippen molar-refractivity contribution in [3.05, 3.63) is 22.4 Å². The average molecular weight is 166 g/mol. The summed E-state index contributed by atoms with van der Waals surface area (Å²) < 4.78 is 0. The zero-order valence-corrected chi connectivity index (χ0v) is 6.52. The molecule has 0 aromatic carbocycles. The molecule has 3 nitrogen and oxygen atoms in total. The van der Waals surface area contributed by atoms with E-state index in [1.807, 2.05) is 11.4 Å². The molecule has 1 heterocycles. The summed E-state index contributed by atoms with van der Waals surface area (Å²) in [7, 11) is 0. The first-order valence-corrected chi connectivity index (χ1v) is 3.96. The molecule has 1 aromatic rings. The van der Waals surface area contributed by atoms with Gasteiger partial charge in [0.05, 0.1) is 11.6 Å². The molecule has 1 aromatic heterocycles. The quantitative estimate of drug-likeness (QED) is 0.666. The molecule has 0 bridgehead atoms. The van der Waals surface area contributed by atoms with Gasteiger partial charge in [-0.15, -0.1) is 0 Å². The fraction of sp³-hybridized carbons (Fsp3) is 0.143. The van der Waals surface area contributed by atoms with Crippen molar-refractivity contribution in [2.75, 3.05) is 6.54 Å². The van der Waals surface area contributed by atoms with E-state index in [2.05, 4.69) is 5.32 Å². The average Bonchev–Trinajstić information content (AvgIpc) is 2.52. The van der Waals surface area contributed by atoms with E-state index < -0.39 is 0 Å². The van der Waals surface area contributed by atoms with Crippen LogP contribution >= 0.6 is 11.3 Å². The minimum absolute atomic E-state index is 0.0642. The highest BCUT2D eigenvalue weighted by Crippen LogP contribution is 2.04. The van der Waals surface area contributed by atoms with Crippen molar-refractivity contribution in [3.8, 4) is 6.07 Å². The molecule has 1 N–H and O–H groups in total. The van der Waals surface area contributed by atoms with Crippen molar-refractivity contribution in [3.63, 3.8) is 0 Å². The summed E-state index contributed by atoms with van der Waals surface area (Å²) in [6.45, 7) is 0.0642. The lowest BCUT2D eigenvalue weighted by Crippen LogP contribution is -2.22. The monoisotopic (exact) mass is 166 g/mol. The Morgan fingerprint density at radius 2 is 2.64 bits per heavy atom. The number of nitriles is 1. The molecule has 0 radical (unpaired) electrons. The number of nitrogens with one attached hydrogen (secondary N) is 1. The van der Waals surface area contributed by atoms with Gasteiger partial charge in [-0.25, -0.2) is 0 Å². The second kappa shape index (κ2) is 3.74. The van der Waals surface area contributed by atoms with Gasteiger partial charge >= 0.3 is 0 Å². The van der Waals surface area contributed by atoms with Gasteiger partial charge in [-0.05, 0) is 11.4 Å². The molecule has 0 fully saturated rings. The first-order chi connectivity index (χ1) is 5.34. The molecule has 0 spiro atoms. The van der Waals surface area contributed by atoms with Crippen LogP contribution in [0.1, 0.15) is 10.4 Å². The fourth-order valence-corrected chi connectivity index (χ4v) is 1.25. The zero-order valence-electron chi connectivity index (χ0n) is 5.70. The van der Waals surface area contributed by atoms with E-state index in [4.69, 9.17) is 5.26 Å². The lowest BCUT2D eigenvalue weighted by atomic mass is 10.3. The maximum atomic E-state index is 11.0. The first kappa shape index (κ1) is 7.76. The van der Waals surface area contributed by atoms with Crippen molar-refractivity contribution in [1.29, 1.82) is 5.26 Å². The third-order valence-corrected chi connectivity index (χ3v) is 1.79. The molecule has 11 heavy (non-hydrogen) atoms. The highest BCUT2D eigenvalue weighted by atomic mass is 32.1. The van der Waals surface area contributed by atoms with Crippen LogP contribution < -0.4 is 5.32 Å². The largest absolute Gasteiger partial charge is 0.339 e. The SMILES string of the molecule is N#CCNC(=O)c1ccsc1. The lowest BCUT2D eigenvalue weighted by Gasteiger charge is -1.94. The Morgan fingerprint density at radius 3 is 3.18 bits per heavy atom. The van der Waals surface area contributed by atoms with Crippen LogP contribution in [0, 0.1) is 11.3 Å². The Bertz CT molecular complexity index is 273. The zero-order chi connectivity index (χ0) is 8.10. The maximum Gasteiger partial charge on any atom is 0.252 e. The Kier molecular flexibility index (Phi) is 2.64. The van der Waals surface area contributed by atoms with Gasteiger partial charge in [0, 0.05) is 5.38 Å². The van der Waals surface area contributed by atoms with Gasteiger partial charge in [-0.2, -0.15) is 16.6 Å². The topological polar surface area (TPSA) is 52.9 Å². The van der Waals surface area contributed by atoms with Crippen molar-refractivity contribution in [1.82, 2.24) is 5.32 Å². The van der Waals surface area contributed by atoms with Crippen LogP contribution in [0.15, 0.2) is 16.8 Å². The number of rotatable bonds is 2. The molecule has 4 heteroatoms. The molecule has 56 valence electrons. The molecule has 0 unspecified atom stereocenters. The normalized spacial score (nSPS) is 8.64. The van der Waals surface area contributed by atoms with Crippen LogP contribution in [0.25, 0.3) is 0 Å². The summed E-state index contributed by atoms with van der Waals surface area (Å²) in [4.78, 5) is 11.0. The summed E-state index contributed by atoms with van der Waals surface area (Å²) in [5, 5.41) is 14.2. The van der Waals surface area contributed by atoms with Crippen LogP contribution in [0.2, 0.25) is 0 Å². The third-order valence-electron chi connectivity index (χ3n) is 1.11. The lowest BCUT2D eigenvalue weighted by molar-refractivity contribution is 0.0959. The Labute approximate surface area is 68.3 Å². The van der Waals surface area contributed by atoms with Crippen molar-refractivity contribution in [2.24, 2.45) is 0 Å².